The van der Waals surface area contributed by atoms with Crippen LogP contribution in [0.4, 0.5) is 8.78 Å². The van der Waals surface area contributed by atoms with Crippen LogP contribution >= 0.6 is 27.5 Å². The zero-order valence-corrected chi connectivity index (χ0v) is 8.40. The summed E-state index contributed by atoms with van der Waals surface area (Å²) in [7, 11) is 0. The third kappa shape index (κ3) is 2.16. The van der Waals surface area contributed by atoms with Crippen molar-refractivity contribution in [2.75, 3.05) is 0 Å². The molecule has 1 rings (SSSR count). The Bertz CT molecular complexity index is 347. The zero-order chi connectivity index (χ0) is 10.0. The van der Waals surface area contributed by atoms with Crippen LogP contribution in [0.15, 0.2) is 21.8 Å². The third-order valence-corrected chi connectivity index (χ3v) is 2.02. The Morgan fingerprint density at radius 3 is 2.23 bits per heavy atom. The van der Waals surface area contributed by atoms with Crippen LogP contribution in [-0.2, 0) is 0 Å². The first-order chi connectivity index (χ1) is 6.06. The first kappa shape index (κ1) is 10.4. The minimum Gasteiger partial charge on any atom is -0.410 e. The van der Waals surface area contributed by atoms with Gasteiger partial charge in [0, 0.05) is 4.47 Å². The Hall–Kier alpha value is -0.680. The Morgan fingerprint density at radius 2 is 1.85 bits per heavy atom. The van der Waals surface area contributed by atoms with E-state index in [2.05, 4.69) is 21.1 Å². The SMILES string of the molecule is ON=C(Cl)c1c(F)cc(Br)cc1F. The summed E-state index contributed by atoms with van der Waals surface area (Å²) in [4.78, 5) is 0. The fourth-order valence-electron chi connectivity index (χ4n) is 0.789. The monoisotopic (exact) mass is 269 g/mol. The van der Waals surface area contributed by atoms with Crippen molar-refractivity contribution in [2.45, 2.75) is 0 Å². The lowest BCUT2D eigenvalue weighted by Gasteiger charge is -2.01. The van der Waals surface area contributed by atoms with Gasteiger partial charge in [-0.15, -0.1) is 0 Å². The summed E-state index contributed by atoms with van der Waals surface area (Å²) < 4.78 is 26.2. The normalized spacial score (nSPS) is 11.8. The van der Waals surface area contributed by atoms with E-state index in [0.717, 1.165) is 12.1 Å². The van der Waals surface area contributed by atoms with Gasteiger partial charge >= 0.3 is 0 Å². The Balaban J connectivity index is 3.37. The summed E-state index contributed by atoms with van der Waals surface area (Å²) in [6, 6.07) is 2.04. The number of nitrogens with zero attached hydrogens (tertiary/aromatic N) is 1. The van der Waals surface area contributed by atoms with Gasteiger partial charge in [0.15, 0.2) is 5.17 Å². The van der Waals surface area contributed by atoms with Crippen molar-refractivity contribution in [1.82, 2.24) is 0 Å². The average molecular weight is 270 g/mol. The Labute approximate surface area is 85.9 Å². The first-order valence-electron chi connectivity index (χ1n) is 3.08. The highest BCUT2D eigenvalue weighted by atomic mass is 79.9. The maximum Gasteiger partial charge on any atom is 0.181 e. The summed E-state index contributed by atoms with van der Waals surface area (Å²) >= 11 is 8.15. The predicted octanol–water partition coefficient (Wildman–Crippen LogP) is 3.10. The number of halogens is 4. The van der Waals surface area contributed by atoms with Gasteiger partial charge in [0.2, 0.25) is 0 Å². The third-order valence-electron chi connectivity index (χ3n) is 1.30. The van der Waals surface area contributed by atoms with E-state index in [4.69, 9.17) is 16.8 Å². The summed E-state index contributed by atoms with van der Waals surface area (Å²) in [6.07, 6.45) is 0. The molecule has 70 valence electrons. The van der Waals surface area contributed by atoms with Crippen molar-refractivity contribution >= 4 is 32.7 Å². The van der Waals surface area contributed by atoms with Crippen molar-refractivity contribution in [3.63, 3.8) is 0 Å². The van der Waals surface area contributed by atoms with Gasteiger partial charge in [-0.25, -0.2) is 8.78 Å². The summed E-state index contributed by atoms with van der Waals surface area (Å²) in [5, 5.41) is 10.1. The number of oxime groups is 1. The standard InChI is InChI=1S/C7H3BrClF2NO/c8-3-1-4(10)6(5(11)2-3)7(9)12-13/h1-2,13H. The highest BCUT2D eigenvalue weighted by Crippen LogP contribution is 2.21. The lowest BCUT2D eigenvalue weighted by Crippen LogP contribution is -2.00. The second-order valence-corrected chi connectivity index (χ2v) is 3.41. The second kappa shape index (κ2) is 4.02. The highest BCUT2D eigenvalue weighted by molar-refractivity contribution is 9.10. The van der Waals surface area contributed by atoms with Crippen LogP contribution in [0.5, 0.6) is 0 Å². The Kier molecular flexibility index (Phi) is 3.22. The summed E-state index contributed by atoms with van der Waals surface area (Å²) in [5.74, 6) is -1.79. The number of hydrogen-bond donors (Lipinski definition) is 1. The van der Waals surface area contributed by atoms with Crippen molar-refractivity contribution in [3.05, 3.63) is 33.8 Å². The van der Waals surface area contributed by atoms with Gasteiger partial charge in [0.25, 0.3) is 0 Å². The van der Waals surface area contributed by atoms with Crippen molar-refractivity contribution < 1.29 is 14.0 Å². The Morgan fingerprint density at radius 1 is 1.38 bits per heavy atom. The lowest BCUT2D eigenvalue weighted by atomic mass is 10.2. The van der Waals surface area contributed by atoms with Gasteiger partial charge < -0.3 is 5.21 Å². The maximum atomic E-state index is 13.0. The van der Waals surface area contributed by atoms with Crippen molar-refractivity contribution in [3.8, 4) is 0 Å². The molecule has 0 aliphatic carbocycles. The molecule has 0 saturated heterocycles. The first-order valence-corrected chi connectivity index (χ1v) is 4.26. The molecular weight excluding hydrogens is 267 g/mol. The second-order valence-electron chi connectivity index (χ2n) is 2.14. The number of hydrogen-bond acceptors (Lipinski definition) is 2. The van der Waals surface area contributed by atoms with Crippen molar-refractivity contribution in [2.24, 2.45) is 5.16 Å². The maximum absolute atomic E-state index is 13.0. The molecule has 0 bridgehead atoms. The molecule has 0 radical (unpaired) electrons. The van der Waals surface area contributed by atoms with Crippen LogP contribution in [0.25, 0.3) is 0 Å². The molecule has 0 aromatic heterocycles. The van der Waals surface area contributed by atoms with Gasteiger partial charge in [0.05, 0.1) is 5.56 Å². The molecule has 13 heavy (non-hydrogen) atoms. The topological polar surface area (TPSA) is 32.6 Å². The van der Waals surface area contributed by atoms with Crippen LogP contribution in [0.2, 0.25) is 0 Å². The van der Waals surface area contributed by atoms with Gasteiger partial charge in [-0.3, -0.25) is 0 Å². The van der Waals surface area contributed by atoms with Crippen LogP contribution in [0.3, 0.4) is 0 Å². The molecular formula is C7H3BrClF2NO. The molecule has 0 spiro atoms. The number of rotatable bonds is 1. The molecule has 0 aliphatic rings. The fraction of sp³-hybridized carbons (Fsp3) is 0. The van der Waals surface area contributed by atoms with Crippen molar-refractivity contribution in [1.29, 1.82) is 0 Å². The van der Waals surface area contributed by atoms with Gasteiger partial charge in [-0.2, -0.15) is 0 Å². The van der Waals surface area contributed by atoms with Crippen LogP contribution in [0.1, 0.15) is 5.56 Å². The van der Waals surface area contributed by atoms with Gasteiger partial charge in [0.1, 0.15) is 11.6 Å². The molecule has 1 aromatic rings. The van der Waals surface area contributed by atoms with E-state index in [9.17, 15) is 8.78 Å². The molecule has 0 fully saturated rings. The molecule has 0 unspecified atom stereocenters. The van der Waals surface area contributed by atoms with Gasteiger partial charge in [-0.05, 0) is 12.1 Å². The van der Waals surface area contributed by atoms with E-state index >= 15 is 0 Å². The molecule has 0 atom stereocenters. The van der Waals surface area contributed by atoms with E-state index in [1.165, 1.54) is 0 Å². The van der Waals surface area contributed by atoms with E-state index in [1.807, 2.05) is 0 Å². The molecule has 2 nitrogen and oxygen atoms in total. The van der Waals surface area contributed by atoms with E-state index in [-0.39, 0.29) is 4.47 Å². The molecule has 6 heteroatoms. The predicted molar refractivity (Wildman–Crippen MR) is 48.2 cm³/mol. The largest absolute Gasteiger partial charge is 0.410 e. The van der Waals surface area contributed by atoms with E-state index < -0.39 is 22.4 Å². The number of benzene rings is 1. The zero-order valence-electron chi connectivity index (χ0n) is 6.06. The quantitative estimate of drug-likeness (QED) is 0.475. The molecule has 0 saturated carbocycles. The van der Waals surface area contributed by atoms with Crippen LogP contribution in [-0.4, -0.2) is 10.4 Å². The average Bonchev–Trinajstić information content (AvgIpc) is 2.02. The van der Waals surface area contributed by atoms with Gasteiger partial charge in [-0.1, -0.05) is 32.7 Å². The minimum absolute atomic E-state index is 0.244. The molecule has 0 aliphatic heterocycles. The van der Waals surface area contributed by atoms with E-state index in [0.29, 0.717) is 0 Å². The summed E-state index contributed by atoms with van der Waals surface area (Å²) in [6.45, 7) is 0. The lowest BCUT2D eigenvalue weighted by molar-refractivity contribution is 0.320. The van der Waals surface area contributed by atoms with Crippen LogP contribution in [0, 0.1) is 11.6 Å². The smallest absolute Gasteiger partial charge is 0.181 e. The molecule has 1 aromatic carbocycles. The minimum atomic E-state index is -0.894. The van der Waals surface area contributed by atoms with Crippen LogP contribution < -0.4 is 0 Å². The fourth-order valence-corrected chi connectivity index (χ4v) is 1.37. The molecule has 0 heterocycles. The summed E-state index contributed by atoms with van der Waals surface area (Å²) in [5.41, 5.74) is -0.549. The highest BCUT2D eigenvalue weighted by Gasteiger charge is 2.14. The molecule has 0 amide bonds. The van der Waals surface area contributed by atoms with E-state index in [1.54, 1.807) is 0 Å². The molecule has 1 N–H and O–H groups in total.